The molecule has 3 heteroatoms. The van der Waals surface area contributed by atoms with Crippen LogP contribution in [-0.2, 0) is 4.74 Å². The molecule has 0 aliphatic heterocycles. The van der Waals surface area contributed by atoms with E-state index in [1.807, 2.05) is 19.1 Å². The second kappa shape index (κ2) is 7.95. The average Bonchev–Trinajstić information content (AvgIpc) is 2.42. The number of ketones is 1. The van der Waals surface area contributed by atoms with Crippen molar-refractivity contribution in [2.45, 2.75) is 46.1 Å². The van der Waals surface area contributed by atoms with E-state index in [1.165, 1.54) is 12.8 Å². The summed E-state index contributed by atoms with van der Waals surface area (Å²) in [5.74, 6) is 0.648. The van der Waals surface area contributed by atoms with Gasteiger partial charge in [0, 0.05) is 12.2 Å². The lowest BCUT2D eigenvalue weighted by Crippen LogP contribution is -2.07. The lowest BCUT2D eigenvalue weighted by atomic mass is 10.0. The first-order valence-corrected chi connectivity index (χ1v) is 6.91. The molecule has 0 aromatic heterocycles. The van der Waals surface area contributed by atoms with Crippen molar-refractivity contribution in [3.8, 4) is 5.75 Å². The largest absolute Gasteiger partial charge is 0.496 e. The molecule has 0 radical (unpaired) electrons. The van der Waals surface area contributed by atoms with Gasteiger partial charge in [-0.2, -0.15) is 0 Å². The van der Waals surface area contributed by atoms with Crippen LogP contribution in [0.2, 0.25) is 0 Å². The van der Waals surface area contributed by atoms with E-state index >= 15 is 0 Å². The van der Waals surface area contributed by atoms with Gasteiger partial charge < -0.3 is 9.47 Å². The van der Waals surface area contributed by atoms with Gasteiger partial charge in [-0.15, -0.1) is 0 Å². The lowest BCUT2D eigenvalue weighted by Gasteiger charge is -2.18. The van der Waals surface area contributed by atoms with Crippen LogP contribution in [0.25, 0.3) is 0 Å². The molecule has 0 amide bonds. The molecule has 106 valence electrons. The van der Waals surface area contributed by atoms with Crippen LogP contribution in [0.1, 0.15) is 62.1 Å². The molecular formula is C16H24O3. The van der Waals surface area contributed by atoms with Crippen molar-refractivity contribution in [2.75, 3.05) is 13.7 Å². The van der Waals surface area contributed by atoms with Crippen molar-refractivity contribution >= 4 is 5.78 Å². The Bertz CT molecular complexity index is 412. The van der Waals surface area contributed by atoms with Crippen molar-refractivity contribution in [1.29, 1.82) is 0 Å². The highest BCUT2D eigenvalue weighted by molar-refractivity contribution is 5.97. The van der Waals surface area contributed by atoms with Crippen molar-refractivity contribution in [2.24, 2.45) is 0 Å². The maximum atomic E-state index is 11.6. The summed E-state index contributed by atoms with van der Waals surface area (Å²) in [4.78, 5) is 11.6. The van der Waals surface area contributed by atoms with Crippen LogP contribution in [0, 0.1) is 0 Å². The maximum absolute atomic E-state index is 11.6. The summed E-state index contributed by atoms with van der Waals surface area (Å²) < 4.78 is 11.2. The Hall–Kier alpha value is -1.35. The van der Waals surface area contributed by atoms with Crippen LogP contribution in [-0.4, -0.2) is 19.5 Å². The smallest absolute Gasteiger partial charge is 0.163 e. The molecule has 1 atom stereocenters. The van der Waals surface area contributed by atoms with Gasteiger partial charge in [-0.25, -0.2) is 0 Å². The standard InChI is InChI=1S/C16H24O3/c1-5-6-7-11-19-13(3)15-10-8-9-14(12(2)17)16(15)18-4/h8-10,13H,5-7,11H2,1-4H3/t13-/m0/s1. The van der Waals surface area contributed by atoms with Gasteiger partial charge in [0.05, 0.1) is 18.8 Å². The minimum atomic E-state index is -0.0638. The molecule has 0 unspecified atom stereocenters. The van der Waals surface area contributed by atoms with Crippen molar-refractivity contribution < 1.29 is 14.3 Å². The molecular weight excluding hydrogens is 240 g/mol. The third kappa shape index (κ3) is 4.35. The Morgan fingerprint density at radius 3 is 2.63 bits per heavy atom. The van der Waals surface area contributed by atoms with Gasteiger partial charge in [-0.3, -0.25) is 4.79 Å². The molecule has 0 saturated heterocycles. The maximum Gasteiger partial charge on any atom is 0.163 e. The molecule has 1 rings (SSSR count). The summed E-state index contributed by atoms with van der Waals surface area (Å²) >= 11 is 0. The zero-order chi connectivity index (χ0) is 14.3. The summed E-state index contributed by atoms with van der Waals surface area (Å²) in [5, 5.41) is 0. The minimum absolute atomic E-state index is 0.0110. The van der Waals surface area contributed by atoms with Crippen molar-refractivity contribution in [3.05, 3.63) is 29.3 Å². The van der Waals surface area contributed by atoms with E-state index in [1.54, 1.807) is 20.1 Å². The first kappa shape index (κ1) is 15.7. The molecule has 0 aliphatic rings. The van der Waals surface area contributed by atoms with Gasteiger partial charge in [0.1, 0.15) is 5.75 Å². The van der Waals surface area contributed by atoms with Gasteiger partial charge in [0.2, 0.25) is 0 Å². The fourth-order valence-electron chi connectivity index (χ4n) is 2.08. The Morgan fingerprint density at radius 2 is 2.05 bits per heavy atom. The van der Waals surface area contributed by atoms with E-state index in [-0.39, 0.29) is 11.9 Å². The number of unbranched alkanes of at least 4 members (excludes halogenated alkanes) is 2. The van der Waals surface area contributed by atoms with Crippen LogP contribution in [0.15, 0.2) is 18.2 Å². The number of carbonyl (C=O) groups excluding carboxylic acids is 1. The van der Waals surface area contributed by atoms with E-state index in [2.05, 4.69) is 6.92 Å². The summed E-state index contributed by atoms with van der Waals surface area (Å²) in [6, 6.07) is 5.62. The molecule has 19 heavy (non-hydrogen) atoms. The van der Waals surface area contributed by atoms with Crippen LogP contribution >= 0.6 is 0 Å². The summed E-state index contributed by atoms with van der Waals surface area (Å²) in [5.41, 5.74) is 1.55. The minimum Gasteiger partial charge on any atom is -0.496 e. The third-order valence-corrected chi connectivity index (χ3v) is 3.18. The molecule has 0 aliphatic carbocycles. The van der Waals surface area contributed by atoms with Crippen LogP contribution in [0.4, 0.5) is 0 Å². The highest BCUT2D eigenvalue weighted by Gasteiger charge is 2.17. The molecule has 1 aromatic carbocycles. The van der Waals surface area contributed by atoms with Gasteiger partial charge in [-0.1, -0.05) is 31.9 Å². The Labute approximate surface area is 115 Å². The van der Waals surface area contributed by atoms with Gasteiger partial charge in [-0.05, 0) is 26.3 Å². The molecule has 0 heterocycles. The van der Waals surface area contributed by atoms with Gasteiger partial charge in [0.15, 0.2) is 5.78 Å². The second-order valence-corrected chi connectivity index (χ2v) is 4.70. The lowest BCUT2D eigenvalue weighted by molar-refractivity contribution is 0.0612. The van der Waals surface area contributed by atoms with Gasteiger partial charge >= 0.3 is 0 Å². The van der Waals surface area contributed by atoms with E-state index in [9.17, 15) is 4.79 Å². The number of ether oxygens (including phenoxy) is 2. The quantitative estimate of drug-likeness (QED) is 0.522. The second-order valence-electron chi connectivity index (χ2n) is 4.70. The fraction of sp³-hybridized carbons (Fsp3) is 0.562. The van der Waals surface area contributed by atoms with E-state index in [4.69, 9.17) is 9.47 Å². The number of Topliss-reactive ketones (excluding diaryl/α,β-unsaturated/α-hetero) is 1. The Morgan fingerprint density at radius 1 is 1.32 bits per heavy atom. The van der Waals surface area contributed by atoms with Crippen molar-refractivity contribution in [1.82, 2.24) is 0 Å². The molecule has 0 saturated carbocycles. The highest BCUT2D eigenvalue weighted by atomic mass is 16.5. The third-order valence-electron chi connectivity index (χ3n) is 3.18. The number of carbonyl (C=O) groups is 1. The van der Waals surface area contributed by atoms with Crippen molar-refractivity contribution in [3.63, 3.8) is 0 Å². The zero-order valence-electron chi connectivity index (χ0n) is 12.4. The summed E-state index contributed by atoms with van der Waals surface area (Å²) in [6.07, 6.45) is 3.36. The Balaban J connectivity index is 2.81. The number of rotatable bonds is 8. The average molecular weight is 264 g/mol. The SMILES string of the molecule is CCCCCO[C@@H](C)c1cccc(C(C)=O)c1OC. The first-order chi connectivity index (χ1) is 9.11. The highest BCUT2D eigenvalue weighted by Crippen LogP contribution is 2.31. The molecule has 0 fully saturated rings. The van der Waals surface area contributed by atoms with Crippen LogP contribution in [0.3, 0.4) is 0 Å². The topological polar surface area (TPSA) is 35.5 Å². The van der Waals surface area contributed by atoms with E-state index in [0.717, 1.165) is 18.6 Å². The molecule has 1 aromatic rings. The molecule has 3 nitrogen and oxygen atoms in total. The number of benzene rings is 1. The predicted molar refractivity (Wildman–Crippen MR) is 76.9 cm³/mol. The summed E-state index contributed by atoms with van der Waals surface area (Å²) in [6.45, 7) is 6.45. The number of hydrogen-bond acceptors (Lipinski definition) is 3. The Kier molecular flexibility index (Phi) is 6.57. The number of hydrogen-bond donors (Lipinski definition) is 0. The summed E-state index contributed by atoms with van der Waals surface area (Å²) in [7, 11) is 1.59. The van der Waals surface area contributed by atoms with Gasteiger partial charge in [0.25, 0.3) is 0 Å². The number of methoxy groups -OCH3 is 1. The zero-order valence-corrected chi connectivity index (χ0v) is 12.4. The van der Waals surface area contributed by atoms with E-state index in [0.29, 0.717) is 11.3 Å². The van der Waals surface area contributed by atoms with Crippen LogP contribution in [0.5, 0.6) is 5.75 Å². The first-order valence-electron chi connectivity index (χ1n) is 6.91. The monoisotopic (exact) mass is 264 g/mol. The van der Waals surface area contributed by atoms with E-state index < -0.39 is 0 Å². The predicted octanol–water partition coefficient (Wildman–Crippen LogP) is 4.17. The number of para-hydroxylation sites is 1. The normalized spacial score (nSPS) is 12.2. The molecule has 0 bridgehead atoms. The van der Waals surface area contributed by atoms with Crippen LogP contribution < -0.4 is 4.74 Å². The molecule has 0 spiro atoms. The fourth-order valence-corrected chi connectivity index (χ4v) is 2.08. The molecule has 0 N–H and O–H groups in total.